The summed E-state index contributed by atoms with van der Waals surface area (Å²) in [6, 6.07) is 67.6. The number of hydrogen-bond donors (Lipinski definition) is 0. The molecule has 12 aromatic rings. The van der Waals surface area contributed by atoms with Crippen LogP contribution in [0.5, 0.6) is 0 Å². The summed E-state index contributed by atoms with van der Waals surface area (Å²) in [7, 11) is 0. The first-order valence-corrected chi connectivity index (χ1v) is 22.3. The van der Waals surface area contributed by atoms with E-state index in [1.807, 2.05) is 24.3 Å². The Kier molecular flexibility index (Phi) is 10.5. The van der Waals surface area contributed by atoms with Crippen LogP contribution in [0, 0.1) is 19.0 Å². The fourth-order valence-electron chi connectivity index (χ4n) is 9.35. The molecule has 0 saturated carbocycles. The second-order valence-electron chi connectivity index (χ2n) is 17.4. The standard InChI is InChI=1S/C49H37N2O.C12H10N.Ir/c1-29(2)40-26-35(31-13-6-5-7-14-31)27-41(30(3)4)46(40)51-47-37-18-11-9-16-33(37)23-24-44(47)50-49(51)39-20-12-19-38-43-25-34-22-21-32-15-8-10-17-36(32)42(34)28-45(43)52-48(38)39;1-10-7-8-12(13-9-10)11-5-3-2-4-6-11;/h5-19,21-30H,1-4H3;2-5,7-9H,1H3;/q2*-1;/i;1D3;. The molecule has 0 atom stereocenters. The van der Waals surface area contributed by atoms with E-state index >= 15 is 0 Å². The van der Waals surface area contributed by atoms with Crippen LogP contribution in [0.3, 0.4) is 0 Å². The molecule has 3 heterocycles. The first kappa shape index (κ1) is 39.2. The molecule has 0 unspecified atom stereocenters. The number of aryl methyl sites for hydroxylation is 1. The van der Waals surface area contributed by atoms with Crippen LogP contribution in [0.2, 0.25) is 0 Å². The maximum atomic E-state index is 7.23. The molecule has 1 radical (unpaired) electrons. The van der Waals surface area contributed by atoms with Gasteiger partial charge in [0.1, 0.15) is 5.58 Å². The SMILES string of the molecule is CC(C)c1cc(-c2ccccc2)cc(C(C)C)c1-n1c(-c2[c-]ccc3c2oc2cc4c(ccc5ccccc54)cc23)nc2ccc3ccccc3c21.[2H]C([2H])([2H])c1ccc(-c2[c-]cccc2)nc1.[Ir]. The smallest absolute Gasteiger partial charge is 0.121 e. The van der Waals surface area contributed by atoms with Gasteiger partial charge in [0, 0.05) is 46.9 Å². The predicted molar refractivity (Wildman–Crippen MR) is 272 cm³/mol. The second kappa shape index (κ2) is 17.7. The third-order valence-corrected chi connectivity index (χ3v) is 12.6. The minimum Gasteiger partial charge on any atom is -0.501 e. The normalized spacial score (nSPS) is 12.4. The third kappa shape index (κ3) is 7.58. The quantitative estimate of drug-likeness (QED) is 0.123. The van der Waals surface area contributed by atoms with Crippen molar-refractivity contribution < 1.29 is 28.6 Å². The number of benzene rings is 9. The average molecular weight is 1030 g/mol. The van der Waals surface area contributed by atoms with Crippen molar-refractivity contribution in [2.75, 3.05) is 0 Å². The average Bonchev–Trinajstić information content (AvgIpc) is 3.94. The van der Waals surface area contributed by atoms with Gasteiger partial charge < -0.3 is 14.0 Å². The Hall–Kier alpha value is -7.17. The van der Waals surface area contributed by atoms with E-state index in [2.05, 4.69) is 183 Å². The molecule has 0 aliphatic rings. The van der Waals surface area contributed by atoms with Crippen molar-refractivity contribution >= 4 is 65.3 Å². The van der Waals surface area contributed by atoms with E-state index in [9.17, 15) is 0 Å². The molecule has 323 valence electrons. The number of rotatable bonds is 6. The Labute approximate surface area is 403 Å². The van der Waals surface area contributed by atoms with Crippen molar-refractivity contribution in [3.63, 3.8) is 0 Å². The molecule has 0 aliphatic carbocycles. The molecule has 0 N–H and O–H groups in total. The molecule has 12 rings (SSSR count). The maximum absolute atomic E-state index is 7.23. The van der Waals surface area contributed by atoms with Gasteiger partial charge in [0.15, 0.2) is 0 Å². The van der Waals surface area contributed by atoms with Crippen LogP contribution in [-0.2, 0) is 20.1 Å². The monoisotopic (exact) mass is 1030 g/mol. The van der Waals surface area contributed by atoms with Crippen molar-refractivity contribution in [1.82, 2.24) is 14.5 Å². The van der Waals surface area contributed by atoms with E-state index < -0.39 is 6.85 Å². The zero-order valence-corrected chi connectivity index (χ0v) is 39.5. The molecular weight excluding hydrogens is 983 g/mol. The zero-order valence-electron chi connectivity index (χ0n) is 40.1. The van der Waals surface area contributed by atoms with Crippen LogP contribution in [0.25, 0.3) is 105 Å². The van der Waals surface area contributed by atoms with E-state index in [0.29, 0.717) is 0 Å². The molecule has 0 saturated heterocycles. The fraction of sp³-hybridized carbons (Fsp3) is 0.115. The van der Waals surface area contributed by atoms with Crippen LogP contribution < -0.4 is 0 Å². The van der Waals surface area contributed by atoms with Crippen LogP contribution in [0.1, 0.15) is 60.3 Å². The van der Waals surface area contributed by atoms with Crippen molar-refractivity contribution in [2.24, 2.45) is 0 Å². The molecule has 0 spiro atoms. The van der Waals surface area contributed by atoms with Crippen LogP contribution in [0.4, 0.5) is 0 Å². The Morgan fingerprint density at radius 1 is 0.576 bits per heavy atom. The Morgan fingerprint density at radius 2 is 1.27 bits per heavy atom. The molecule has 3 aromatic heterocycles. The minimum absolute atomic E-state index is 0. The molecule has 0 aliphatic heterocycles. The van der Waals surface area contributed by atoms with Gasteiger partial charge in [0.2, 0.25) is 0 Å². The predicted octanol–water partition coefficient (Wildman–Crippen LogP) is 16.6. The molecule has 0 bridgehead atoms. The van der Waals surface area contributed by atoms with Crippen molar-refractivity contribution in [1.29, 1.82) is 0 Å². The number of pyridine rings is 1. The van der Waals surface area contributed by atoms with Gasteiger partial charge in [0.05, 0.1) is 22.4 Å². The Bertz CT molecular complexity index is 3810. The molecule has 0 fully saturated rings. The number of hydrogen-bond acceptors (Lipinski definition) is 3. The van der Waals surface area contributed by atoms with E-state index in [4.69, 9.17) is 13.5 Å². The first-order chi connectivity index (χ1) is 33.0. The second-order valence-corrected chi connectivity index (χ2v) is 17.4. The molecule has 66 heavy (non-hydrogen) atoms. The minimum atomic E-state index is -2.09. The number of imidazole rings is 1. The maximum Gasteiger partial charge on any atom is 0.121 e. The number of aromatic nitrogens is 3. The van der Waals surface area contributed by atoms with E-state index in [1.165, 1.54) is 66.5 Å². The summed E-state index contributed by atoms with van der Waals surface area (Å²) in [6.45, 7) is 7.11. The van der Waals surface area contributed by atoms with Gasteiger partial charge in [-0.15, -0.1) is 54.1 Å². The summed E-state index contributed by atoms with van der Waals surface area (Å²) in [5.74, 6) is 1.34. The Balaban J connectivity index is 0.000000277. The summed E-state index contributed by atoms with van der Waals surface area (Å²) in [4.78, 5) is 9.60. The van der Waals surface area contributed by atoms with Gasteiger partial charge in [-0.1, -0.05) is 148 Å². The van der Waals surface area contributed by atoms with Gasteiger partial charge in [-0.2, -0.15) is 0 Å². The van der Waals surface area contributed by atoms with Gasteiger partial charge in [-0.25, -0.2) is 0 Å². The summed E-state index contributed by atoms with van der Waals surface area (Å²) in [6.07, 6.45) is 1.39. The van der Waals surface area contributed by atoms with Crippen molar-refractivity contribution in [2.45, 2.75) is 46.4 Å². The molecule has 5 heteroatoms. The third-order valence-electron chi connectivity index (χ3n) is 12.6. The van der Waals surface area contributed by atoms with Gasteiger partial charge in [-0.3, -0.25) is 4.98 Å². The molecule has 4 nitrogen and oxygen atoms in total. The molecule has 9 aromatic carbocycles. The molecular formula is C61H47IrN3O-2. The van der Waals surface area contributed by atoms with E-state index in [1.54, 1.807) is 18.2 Å². The van der Waals surface area contributed by atoms with Crippen LogP contribution >= 0.6 is 0 Å². The topological polar surface area (TPSA) is 43.9 Å². The van der Waals surface area contributed by atoms with E-state index in [-0.39, 0.29) is 37.5 Å². The molecule has 0 amide bonds. The van der Waals surface area contributed by atoms with Crippen molar-refractivity contribution in [3.05, 3.63) is 211 Å². The van der Waals surface area contributed by atoms with Crippen LogP contribution in [-0.4, -0.2) is 14.5 Å². The zero-order chi connectivity index (χ0) is 46.7. The van der Waals surface area contributed by atoms with E-state index in [0.717, 1.165) is 55.6 Å². The largest absolute Gasteiger partial charge is 0.501 e. The van der Waals surface area contributed by atoms with Gasteiger partial charge in [0.25, 0.3) is 0 Å². The fourth-order valence-corrected chi connectivity index (χ4v) is 9.35. The summed E-state index contributed by atoms with van der Waals surface area (Å²) >= 11 is 0. The number of furan rings is 1. The summed E-state index contributed by atoms with van der Waals surface area (Å²) < 4.78 is 31.0. The first-order valence-electron chi connectivity index (χ1n) is 23.8. The summed E-state index contributed by atoms with van der Waals surface area (Å²) in [5.41, 5.74) is 12.6. The number of fused-ring (bicyclic) bond motifs is 9. The number of nitrogens with zero attached hydrogens (tertiary/aromatic N) is 3. The van der Waals surface area contributed by atoms with Gasteiger partial charge in [-0.05, 0) is 109 Å². The van der Waals surface area contributed by atoms with Gasteiger partial charge >= 0.3 is 0 Å². The Morgan fingerprint density at radius 3 is 1.98 bits per heavy atom. The van der Waals surface area contributed by atoms with Crippen molar-refractivity contribution in [3.8, 4) is 39.5 Å². The summed E-state index contributed by atoms with van der Waals surface area (Å²) in [5, 5.41) is 9.36. The van der Waals surface area contributed by atoms with Crippen LogP contribution in [0.15, 0.2) is 187 Å².